The molecule has 0 bridgehead atoms. The van der Waals surface area contributed by atoms with Gasteiger partial charge in [-0.1, -0.05) is 53.7 Å². The third kappa shape index (κ3) is 3.88. The van der Waals surface area contributed by atoms with Gasteiger partial charge in [-0.25, -0.2) is 9.37 Å². The van der Waals surface area contributed by atoms with Crippen LogP contribution in [-0.4, -0.2) is 21.2 Å². The molecule has 4 nitrogen and oxygen atoms in total. The Morgan fingerprint density at radius 3 is 2.61 bits per heavy atom. The second kappa shape index (κ2) is 8.04. The van der Waals surface area contributed by atoms with Crippen LogP contribution in [0.4, 0.5) is 10.1 Å². The fourth-order valence-corrected chi connectivity index (χ4v) is 3.88. The van der Waals surface area contributed by atoms with Crippen LogP contribution in [-0.2, 0) is 4.79 Å². The van der Waals surface area contributed by atoms with Crippen molar-refractivity contribution in [2.24, 2.45) is 0 Å². The standard InChI is InChI=1S/C21H15ClFN3OS/c22-16-12-14(23)10-11-17(16)24-20(27)13-28-21-25-18-8-4-5-9-19(18)26(21)15-6-2-1-3-7-15/h1-12H,13H2,(H,24,27). The number of rotatable bonds is 5. The van der Waals surface area contributed by atoms with E-state index < -0.39 is 5.82 Å². The summed E-state index contributed by atoms with van der Waals surface area (Å²) >= 11 is 7.30. The first-order valence-corrected chi connectivity index (χ1v) is 9.89. The topological polar surface area (TPSA) is 46.9 Å². The third-order valence-corrected chi connectivity index (χ3v) is 5.33. The van der Waals surface area contributed by atoms with Crippen LogP contribution in [0.1, 0.15) is 0 Å². The highest BCUT2D eigenvalue weighted by Gasteiger charge is 2.15. The molecule has 0 radical (unpaired) electrons. The van der Waals surface area contributed by atoms with Gasteiger partial charge in [0.1, 0.15) is 5.82 Å². The molecule has 140 valence electrons. The number of hydrogen-bond acceptors (Lipinski definition) is 3. The van der Waals surface area contributed by atoms with Crippen LogP contribution in [0.25, 0.3) is 16.7 Å². The summed E-state index contributed by atoms with van der Waals surface area (Å²) in [6.45, 7) is 0. The second-order valence-corrected chi connectivity index (χ2v) is 7.36. The van der Waals surface area contributed by atoms with E-state index in [1.54, 1.807) is 0 Å². The molecule has 3 aromatic carbocycles. The Morgan fingerprint density at radius 2 is 1.82 bits per heavy atom. The molecule has 7 heteroatoms. The van der Waals surface area contributed by atoms with Crippen molar-refractivity contribution < 1.29 is 9.18 Å². The number of aromatic nitrogens is 2. The third-order valence-electron chi connectivity index (χ3n) is 4.08. The van der Waals surface area contributed by atoms with Gasteiger partial charge >= 0.3 is 0 Å². The molecule has 0 aliphatic carbocycles. The molecule has 0 spiro atoms. The van der Waals surface area contributed by atoms with Gasteiger partial charge in [0.05, 0.1) is 27.5 Å². The maximum atomic E-state index is 13.1. The molecule has 4 rings (SSSR count). The lowest BCUT2D eigenvalue weighted by Crippen LogP contribution is -2.15. The summed E-state index contributed by atoms with van der Waals surface area (Å²) in [6, 6.07) is 21.6. The van der Waals surface area contributed by atoms with Crippen molar-refractivity contribution in [1.82, 2.24) is 9.55 Å². The SMILES string of the molecule is O=C(CSc1nc2ccccc2n1-c1ccccc1)Nc1ccc(F)cc1Cl. The van der Waals surface area contributed by atoms with Gasteiger partial charge in [0, 0.05) is 5.69 Å². The van der Waals surface area contributed by atoms with E-state index in [1.807, 2.05) is 59.2 Å². The largest absolute Gasteiger partial charge is 0.324 e. The van der Waals surface area contributed by atoms with Crippen molar-refractivity contribution in [3.8, 4) is 5.69 Å². The Hall–Kier alpha value is -2.83. The molecule has 0 fully saturated rings. The van der Waals surface area contributed by atoms with Gasteiger partial charge in [-0.15, -0.1) is 0 Å². The Labute approximate surface area is 170 Å². The quantitative estimate of drug-likeness (QED) is 0.438. The van der Waals surface area contributed by atoms with Crippen LogP contribution in [0.2, 0.25) is 5.02 Å². The number of benzene rings is 3. The molecule has 4 aromatic rings. The van der Waals surface area contributed by atoms with Gasteiger partial charge in [0.25, 0.3) is 0 Å². The molecule has 1 N–H and O–H groups in total. The molecule has 0 unspecified atom stereocenters. The minimum Gasteiger partial charge on any atom is -0.324 e. The Morgan fingerprint density at radius 1 is 1.07 bits per heavy atom. The number of imidazole rings is 1. The van der Waals surface area contributed by atoms with Gasteiger partial charge in [-0.3, -0.25) is 9.36 Å². The van der Waals surface area contributed by atoms with E-state index in [-0.39, 0.29) is 16.7 Å². The summed E-state index contributed by atoms with van der Waals surface area (Å²) in [4.78, 5) is 17.0. The number of hydrogen-bond donors (Lipinski definition) is 1. The van der Waals surface area contributed by atoms with Gasteiger partial charge in [0.2, 0.25) is 5.91 Å². The fourth-order valence-electron chi connectivity index (χ4n) is 2.83. The van der Waals surface area contributed by atoms with Crippen molar-refractivity contribution in [2.45, 2.75) is 5.16 Å². The number of para-hydroxylation sites is 3. The van der Waals surface area contributed by atoms with Crippen LogP contribution in [0.15, 0.2) is 78.0 Å². The van der Waals surface area contributed by atoms with Crippen molar-refractivity contribution in [2.75, 3.05) is 11.1 Å². The zero-order chi connectivity index (χ0) is 19.5. The highest BCUT2D eigenvalue weighted by atomic mass is 35.5. The first-order valence-electron chi connectivity index (χ1n) is 8.52. The summed E-state index contributed by atoms with van der Waals surface area (Å²) in [6.07, 6.45) is 0. The maximum Gasteiger partial charge on any atom is 0.234 e. The predicted octanol–water partition coefficient (Wildman–Crippen LogP) is 5.55. The maximum absolute atomic E-state index is 13.1. The van der Waals surface area contributed by atoms with Crippen LogP contribution in [0.3, 0.4) is 0 Å². The second-order valence-electron chi connectivity index (χ2n) is 6.02. The number of nitrogens with one attached hydrogen (secondary N) is 1. The molecular formula is C21H15ClFN3OS. The minimum absolute atomic E-state index is 0.143. The van der Waals surface area contributed by atoms with E-state index in [9.17, 15) is 9.18 Å². The van der Waals surface area contributed by atoms with E-state index in [4.69, 9.17) is 11.6 Å². The van der Waals surface area contributed by atoms with Crippen LogP contribution >= 0.6 is 23.4 Å². The van der Waals surface area contributed by atoms with Crippen molar-refractivity contribution >= 4 is 46.0 Å². The number of anilines is 1. The number of thioether (sulfide) groups is 1. The molecule has 0 aliphatic rings. The molecule has 1 heterocycles. The first-order chi connectivity index (χ1) is 13.6. The van der Waals surface area contributed by atoms with Gasteiger partial charge in [-0.2, -0.15) is 0 Å². The molecule has 0 saturated heterocycles. The highest BCUT2D eigenvalue weighted by Crippen LogP contribution is 2.28. The van der Waals surface area contributed by atoms with Crippen LogP contribution in [0.5, 0.6) is 0 Å². The average molecular weight is 412 g/mol. The van der Waals surface area contributed by atoms with Crippen molar-refractivity contribution in [3.05, 3.63) is 83.6 Å². The summed E-state index contributed by atoms with van der Waals surface area (Å²) < 4.78 is 15.2. The van der Waals surface area contributed by atoms with Crippen LogP contribution in [0, 0.1) is 5.82 Å². The lowest BCUT2D eigenvalue weighted by atomic mass is 10.3. The van der Waals surface area contributed by atoms with Gasteiger partial charge < -0.3 is 5.32 Å². The van der Waals surface area contributed by atoms with Crippen molar-refractivity contribution in [1.29, 1.82) is 0 Å². The van der Waals surface area contributed by atoms with E-state index in [0.717, 1.165) is 16.7 Å². The number of halogens is 2. The molecule has 0 atom stereocenters. The molecular weight excluding hydrogens is 397 g/mol. The molecule has 0 aliphatic heterocycles. The number of carbonyl (C=O) groups excluding carboxylic acids is 1. The number of carbonyl (C=O) groups is 1. The molecule has 1 aromatic heterocycles. The van der Waals surface area contributed by atoms with Gasteiger partial charge in [-0.05, 0) is 42.5 Å². The smallest absolute Gasteiger partial charge is 0.234 e. The first kappa shape index (κ1) is 18.5. The van der Waals surface area contributed by atoms with Gasteiger partial charge in [0.15, 0.2) is 5.16 Å². The zero-order valence-electron chi connectivity index (χ0n) is 14.6. The van der Waals surface area contributed by atoms with Crippen LogP contribution < -0.4 is 5.32 Å². The fraction of sp³-hybridized carbons (Fsp3) is 0.0476. The summed E-state index contributed by atoms with van der Waals surface area (Å²) in [5, 5.41) is 3.58. The predicted molar refractivity (Wildman–Crippen MR) is 112 cm³/mol. The lowest BCUT2D eigenvalue weighted by molar-refractivity contribution is -0.113. The summed E-state index contributed by atoms with van der Waals surface area (Å²) in [5.41, 5.74) is 3.18. The monoisotopic (exact) mass is 411 g/mol. The number of amides is 1. The Kier molecular flexibility index (Phi) is 5.32. The van der Waals surface area contributed by atoms with E-state index in [0.29, 0.717) is 10.8 Å². The Balaban J connectivity index is 1.57. The molecule has 28 heavy (non-hydrogen) atoms. The number of nitrogens with zero attached hydrogens (tertiary/aromatic N) is 2. The average Bonchev–Trinajstić information content (AvgIpc) is 3.07. The minimum atomic E-state index is -0.450. The van der Waals surface area contributed by atoms with Crippen molar-refractivity contribution in [3.63, 3.8) is 0 Å². The normalized spacial score (nSPS) is 10.9. The molecule has 0 saturated carbocycles. The van der Waals surface area contributed by atoms with E-state index in [2.05, 4.69) is 10.3 Å². The highest BCUT2D eigenvalue weighted by molar-refractivity contribution is 7.99. The summed E-state index contributed by atoms with van der Waals surface area (Å²) in [5.74, 6) is -0.553. The molecule has 1 amide bonds. The van der Waals surface area contributed by atoms with E-state index in [1.165, 1.54) is 30.0 Å². The summed E-state index contributed by atoms with van der Waals surface area (Å²) in [7, 11) is 0. The zero-order valence-corrected chi connectivity index (χ0v) is 16.2. The number of fused-ring (bicyclic) bond motifs is 1. The Bertz CT molecular complexity index is 1150. The van der Waals surface area contributed by atoms with E-state index >= 15 is 0 Å². The lowest BCUT2D eigenvalue weighted by Gasteiger charge is -2.10.